The molecule has 2 fully saturated rings. The standard InChI is InChI=1S/C14H19ClN2O2S/c1-17-12-4-5-13(17)9-11(8-12)16-20(18,19)14-6-2-10(15)3-7-14/h2-3,6-7,11-13,16H,4-5,8-9H2,1H3/t11?,12-,13+. The normalized spacial score (nSPS) is 30.6. The molecule has 1 unspecified atom stereocenters. The minimum absolute atomic E-state index is 0.0457. The van der Waals surface area contributed by atoms with Crippen molar-refractivity contribution in [3.8, 4) is 0 Å². The zero-order valence-electron chi connectivity index (χ0n) is 11.4. The average Bonchev–Trinajstić information content (AvgIpc) is 2.62. The molecule has 0 saturated carbocycles. The second-order valence-corrected chi connectivity index (χ2v) is 7.94. The fraction of sp³-hybridized carbons (Fsp3) is 0.571. The molecule has 6 heteroatoms. The van der Waals surface area contributed by atoms with Gasteiger partial charge in [-0.25, -0.2) is 13.1 Å². The molecule has 2 bridgehead atoms. The van der Waals surface area contributed by atoms with Crippen LogP contribution in [0.25, 0.3) is 0 Å². The van der Waals surface area contributed by atoms with E-state index in [4.69, 9.17) is 11.6 Å². The van der Waals surface area contributed by atoms with Crippen LogP contribution in [0.3, 0.4) is 0 Å². The van der Waals surface area contributed by atoms with Crippen molar-refractivity contribution >= 4 is 21.6 Å². The first-order valence-electron chi connectivity index (χ1n) is 6.95. The van der Waals surface area contributed by atoms with Gasteiger partial charge in [-0.3, -0.25) is 0 Å². The minimum atomic E-state index is -3.44. The fourth-order valence-corrected chi connectivity index (χ4v) is 4.80. The first-order valence-corrected chi connectivity index (χ1v) is 8.81. The molecule has 4 nitrogen and oxygen atoms in total. The van der Waals surface area contributed by atoms with Crippen LogP contribution < -0.4 is 4.72 Å². The van der Waals surface area contributed by atoms with Gasteiger partial charge in [-0.05, 0) is 57.0 Å². The largest absolute Gasteiger partial charge is 0.300 e. The van der Waals surface area contributed by atoms with Gasteiger partial charge in [0.05, 0.1) is 4.90 Å². The first-order chi connectivity index (χ1) is 9.45. The van der Waals surface area contributed by atoms with E-state index in [0.29, 0.717) is 17.1 Å². The third-order valence-electron chi connectivity index (χ3n) is 4.54. The van der Waals surface area contributed by atoms with Gasteiger partial charge in [-0.15, -0.1) is 0 Å². The number of rotatable bonds is 3. The Kier molecular flexibility index (Phi) is 3.79. The zero-order valence-corrected chi connectivity index (χ0v) is 13.0. The maximum atomic E-state index is 12.4. The lowest BCUT2D eigenvalue weighted by Gasteiger charge is -2.36. The number of nitrogens with one attached hydrogen (secondary N) is 1. The number of fused-ring (bicyclic) bond motifs is 2. The van der Waals surface area contributed by atoms with Crippen LogP contribution in [0.5, 0.6) is 0 Å². The minimum Gasteiger partial charge on any atom is -0.300 e. The zero-order chi connectivity index (χ0) is 14.3. The van der Waals surface area contributed by atoms with Crippen LogP contribution >= 0.6 is 11.6 Å². The van der Waals surface area contributed by atoms with E-state index in [0.717, 1.165) is 12.8 Å². The molecule has 1 aromatic rings. The van der Waals surface area contributed by atoms with Crippen molar-refractivity contribution in [2.45, 2.75) is 48.7 Å². The molecule has 20 heavy (non-hydrogen) atoms. The summed E-state index contributed by atoms with van der Waals surface area (Å²) >= 11 is 5.80. The van der Waals surface area contributed by atoms with Crippen LogP contribution in [0, 0.1) is 0 Å². The highest BCUT2D eigenvalue weighted by molar-refractivity contribution is 7.89. The number of hydrogen-bond donors (Lipinski definition) is 1. The summed E-state index contributed by atoms with van der Waals surface area (Å²) in [6.45, 7) is 0. The van der Waals surface area contributed by atoms with Gasteiger partial charge in [-0.1, -0.05) is 11.6 Å². The summed E-state index contributed by atoms with van der Waals surface area (Å²) < 4.78 is 27.6. The van der Waals surface area contributed by atoms with E-state index in [1.165, 1.54) is 12.8 Å². The van der Waals surface area contributed by atoms with Crippen LogP contribution in [0.1, 0.15) is 25.7 Å². The molecule has 2 saturated heterocycles. The Labute approximate surface area is 125 Å². The number of piperidine rings is 1. The smallest absolute Gasteiger partial charge is 0.240 e. The number of sulfonamides is 1. The monoisotopic (exact) mass is 314 g/mol. The highest BCUT2D eigenvalue weighted by Crippen LogP contribution is 2.34. The molecule has 0 radical (unpaired) electrons. The Morgan fingerprint density at radius 1 is 1.15 bits per heavy atom. The predicted octanol–water partition coefficient (Wildman–Crippen LogP) is 2.24. The maximum Gasteiger partial charge on any atom is 0.240 e. The highest BCUT2D eigenvalue weighted by Gasteiger charge is 2.39. The van der Waals surface area contributed by atoms with Crippen molar-refractivity contribution in [3.63, 3.8) is 0 Å². The van der Waals surface area contributed by atoms with Gasteiger partial charge in [0.15, 0.2) is 0 Å². The number of hydrogen-bond acceptors (Lipinski definition) is 3. The molecule has 2 heterocycles. The van der Waals surface area contributed by atoms with Crippen molar-refractivity contribution in [1.82, 2.24) is 9.62 Å². The Bertz CT molecular complexity index is 574. The van der Waals surface area contributed by atoms with Crippen LogP contribution in [-0.4, -0.2) is 38.5 Å². The lowest BCUT2D eigenvalue weighted by molar-refractivity contribution is 0.157. The second kappa shape index (κ2) is 5.30. The van der Waals surface area contributed by atoms with Crippen LogP contribution in [0.4, 0.5) is 0 Å². The molecule has 1 N–H and O–H groups in total. The summed E-state index contributed by atoms with van der Waals surface area (Å²) in [6, 6.07) is 7.40. The molecule has 0 aliphatic carbocycles. The van der Waals surface area contributed by atoms with Crippen LogP contribution in [-0.2, 0) is 10.0 Å². The number of nitrogens with zero attached hydrogens (tertiary/aromatic N) is 1. The average molecular weight is 315 g/mol. The first kappa shape index (κ1) is 14.3. The second-order valence-electron chi connectivity index (χ2n) is 5.79. The molecule has 110 valence electrons. The molecule has 0 aromatic heterocycles. The summed E-state index contributed by atoms with van der Waals surface area (Å²) in [6.07, 6.45) is 4.17. The van der Waals surface area contributed by atoms with Gasteiger partial charge in [-0.2, -0.15) is 0 Å². The molecular weight excluding hydrogens is 296 g/mol. The third kappa shape index (κ3) is 2.72. The summed E-state index contributed by atoms with van der Waals surface area (Å²) in [5.74, 6) is 0. The van der Waals surface area contributed by atoms with Crippen molar-refractivity contribution in [2.75, 3.05) is 7.05 Å². The quantitative estimate of drug-likeness (QED) is 0.931. The SMILES string of the molecule is CN1[C@@H]2CC[C@H]1CC(NS(=O)(=O)c1ccc(Cl)cc1)C2. The van der Waals surface area contributed by atoms with Gasteiger partial charge in [0.1, 0.15) is 0 Å². The van der Waals surface area contributed by atoms with E-state index >= 15 is 0 Å². The molecular formula is C14H19ClN2O2S. The van der Waals surface area contributed by atoms with Crippen molar-refractivity contribution < 1.29 is 8.42 Å². The van der Waals surface area contributed by atoms with Crippen LogP contribution in [0.15, 0.2) is 29.2 Å². The molecule has 2 aliphatic heterocycles. The van der Waals surface area contributed by atoms with Gasteiger partial charge in [0.2, 0.25) is 10.0 Å². The summed E-state index contributed by atoms with van der Waals surface area (Å²) in [5, 5.41) is 0.543. The van der Waals surface area contributed by atoms with E-state index in [1.807, 2.05) is 0 Å². The van der Waals surface area contributed by atoms with E-state index in [9.17, 15) is 8.42 Å². The Hall–Kier alpha value is -0.620. The van der Waals surface area contributed by atoms with E-state index in [-0.39, 0.29) is 10.9 Å². The number of benzene rings is 1. The fourth-order valence-electron chi connectivity index (χ4n) is 3.41. The lowest BCUT2D eigenvalue weighted by Crippen LogP contribution is -2.48. The van der Waals surface area contributed by atoms with Gasteiger partial charge in [0.25, 0.3) is 0 Å². The Morgan fingerprint density at radius 3 is 2.25 bits per heavy atom. The molecule has 0 amide bonds. The topological polar surface area (TPSA) is 49.4 Å². The summed E-state index contributed by atoms with van der Waals surface area (Å²) in [5.41, 5.74) is 0. The van der Waals surface area contributed by atoms with Gasteiger partial charge >= 0.3 is 0 Å². The van der Waals surface area contributed by atoms with Gasteiger partial charge in [0, 0.05) is 23.1 Å². The van der Waals surface area contributed by atoms with Crippen molar-refractivity contribution in [3.05, 3.63) is 29.3 Å². The molecule has 3 rings (SSSR count). The molecule has 2 aliphatic rings. The summed E-state index contributed by atoms with van der Waals surface area (Å²) in [4.78, 5) is 2.68. The van der Waals surface area contributed by atoms with E-state index in [1.54, 1.807) is 24.3 Å². The molecule has 1 aromatic carbocycles. The Balaban J connectivity index is 1.73. The van der Waals surface area contributed by atoms with Crippen LogP contribution in [0.2, 0.25) is 5.02 Å². The van der Waals surface area contributed by atoms with E-state index in [2.05, 4.69) is 16.7 Å². The number of halogens is 1. The van der Waals surface area contributed by atoms with Gasteiger partial charge < -0.3 is 4.90 Å². The van der Waals surface area contributed by atoms with Crippen molar-refractivity contribution in [2.24, 2.45) is 0 Å². The van der Waals surface area contributed by atoms with Crippen molar-refractivity contribution in [1.29, 1.82) is 0 Å². The Morgan fingerprint density at radius 2 is 1.70 bits per heavy atom. The highest BCUT2D eigenvalue weighted by atomic mass is 35.5. The molecule has 0 spiro atoms. The lowest BCUT2D eigenvalue weighted by atomic mass is 9.99. The predicted molar refractivity (Wildman–Crippen MR) is 79.4 cm³/mol. The maximum absolute atomic E-state index is 12.4. The summed E-state index contributed by atoms with van der Waals surface area (Å²) in [7, 11) is -1.30. The molecule has 3 atom stereocenters. The van der Waals surface area contributed by atoms with E-state index < -0.39 is 10.0 Å². The third-order valence-corrected chi connectivity index (χ3v) is 6.33.